The second-order valence-electron chi connectivity index (χ2n) is 5.89. The number of halogens is 1. The molecule has 0 saturated carbocycles. The summed E-state index contributed by atoms with van der Waals surface area (Å²) in [5.41, 5.74) is 13.4. The van der Waals surface area contributed by atoms with Crippen molar-refractivity contribution in [2.45, 2.75) is 20.8 Å². The van der Waals surface area contributed by atoms with Gasteiger partial charge in [0.05, 0.1) is 18.3 Å². The topological polar surface area (TPSA) is 63.5 Å². The highest BCUT2D eigenvalue weighted by Crippen LogP contribution is 2.42. The smallest absolute Gasteiger partial charge is 0.148 e. The molecule has 0 amide bonds. The molecule has 0 fully saturated rings. The number of hydrogen-bond donors (Lipinski definition) is 1. The Hall–Kier alpha value is -2.45. The van der Waals surface area contributed by atoms with E-state index in [2.05, 4.69) is 28.1 Å². The maximum Gasteiger partial charge on any atom is 0.148 e. The van der Waals surface area contributed by atoms with Gasteiger partial charge in [-0.3, -0.25) is 0 Å². The zero-order valence-corrected chi connectivity index (χ0v) is 15.7. The van der Waals surface area contributed by atoms with Crippen LogP contribution in [0.25, 0.3) is 16.6 Å². The van der Waals surface area contributed by atoms with E-state index in [1.807, 2.05) is 43.5 Å². The molecular weight excluding hydrogens is 366 g/mol. The van der Waals surface area contributed by atoms with E-state index in [0.717, 1.165) is 43.6 Å². The predicted octanol–water partition coefficient (Wildman–Crippen LogP) is 4.76. The van der Waals surface area contributed by atoms with Crippen LogP contribution in [-0.4, -0.2) is 11.5 Å². The number of nitrogens with zero attached hydrogens (tertiary/aromatic N) is 2. The molecule has 0 aliphatic heterocycles. The van der Waals surface area contributed by atoms with Crippen LogP contribution < -0.4 is 10.5 Å². The molecule has 2 aromatic heterocycles. The number of rotatable bonds is 2. The van der Waals surface area contributed by atoms with Crippen LogP contribution in [0.15, 0.2) is 28.9 Å². The number of nitriles is 1. The molecule has 0 radical (unpaired) electrons. The van der Waals surface area contributed by atoms with Crippen molar-refractivity contribution in [3.63, 3.8) is 0 Å². The number of fused-ring (bicyclic) bond motifs is 1. The van der Waals surface area contributed by atoms with Gasteiger partial charge >= 0.3 is 0 Å². The van der Waals surface area contributed by atoms with Gasteiger partial charge in [-0.25, -0.2) is 0 Å². The van der Waals surface area contributed by atoms with Gasteiger partial charge in [0.15, 0.2) is 0 Å². The molecular formula is C19H18BrN3O. The van der Waals surface area contributed by atoms with Crippen molar-refractivity contribution in [3.05, 3.63) is 51.3 Å². The number of nitrogen functional groups attached to an aromatic ring is 1. The van der Waals surface area contributed by atoms with Crippen LogP contribution in [0.2, 0.25) is 0 Å². The minimum Gasteiger partial charge on any atom is -0.496 e. The van der Waals surface area contributed by atoms with Crippen molar-refractivity contribution in [2.24, 2.45) is 0 Å². The van der Waals surface area contributed by atoms with Crippen molar-refractivity contribution < 1.29 is 4.74 Å². The number of anilines is 1. The molecule has 0 aliphatic rings. The van der Waals surface area contributed by atoms with Gasteiger partial charge in [0.25, 0.3) is 0 Å². The molecule has 0 atom stereocenters. The van der Waals surface area contributed by atoms with Crippen molar-refractivity contribution in [1.29, 1.82) is 5.26 Å². The van der Waals surface area contributed by atoms with Gasteiger partial charge in [-0.2, -0.15) is 5.26 Å². The summed E-state index contributed by atoms with van der Waals surface area (Å²) in [5.74, 6) is 0.807. The Labute approximate surface area is 149 Å². The van der Waals surface area contributed by atoms with E-state index in [1.54, 1.807) is 7.11 Å². The standard InChI is InChI=1S/C19H18BrN3O/c1-10-5-6-16(24-4)12(3)17(10)18-14-7-11(2)13(20)9-23(14)15(8-21)19(18)22/h5-7,9H,22H2,1-4H3. The zero-order valence-electron chi connectivity index (χ0n) is 14.1. The minimum absolute atomic E-state index is 0.447. The minimum atomic E-state index is 0.447. The highest BCUT2D eigenvalue weighted by Gasteiger charge is 2.22. The average Bonchev–Trinajstić information content (AvgIpc) is 2.80. The number of ether oxygens (including phenoxy) is 1. The van der Waals surface area contributed by atoms with Crippen LogP contribution in [0.5, 0.6) is 5.75 Å². The van der Waals surface area contributed by atoms with Crippen molar-refractivity contribution in [2.75, 3.05) is 12.8 Å². The average molecular weight is 384 g/mol. The normalized spacial score (nSPS) is 10.8. The number of hydrogen-bond acceptors (Lipinski definition) is 3. The highest BCUT2D eigenvalue weighted by atomic mass is 79.9. The summed E-state index contributed by atoms with van der Waals surface area (Å²) in [6.07, 6.45) is 1.90. The number of pyridine rings is 1. The van der Waals surface area contributed by atoms with E-state index in [9.17, 15) is 5.26 Å². The monoisotopic (exact) mass is 383 g/mol. The lowest BCUT2D eigenvalue weighted by Crippen LogP contribution is -1.96. The fraction of sp³-hybridized carbons (Fsp3) is 0.211. The summed E-state index contributed by atoms with van der Waals surface area (Å²) in [4.78, 5) is 0. The third-order valence-electron chi connectivity index (χ3n) is 4.45. The van der Waals surface area contributed by atoms with Crippen LogP contribution in [0.4, 0.5) is 5.69 Å². The Kier molecular flexibility index (Phi) is 4.02. The van der Waals surface area contributed by atoms with Gasteiger partial charge in [0.1, 0.15) is 17.5 Å². The van der Waals surface area contributed by atoms with E-state index in [-0.39, 0.29) is 0 Å². The predicted molar refractivity (Wildman–Crippen MR) is 100 cm³/mol. The number of methoxy groups -OCH3 is 1. The Morgan fingerprint density at radius 3 is 2.50 bits per heavy atom. The van der Waals surface area contributed by atoms with Gasteiger partial charge in [-0.1, -0.05) is 6.07 Å². The van der Waals surface area contributed by atoms with E-state index in [0.29, 0.717) is 11.4 Å². The lowest BCUT2D eigenvalue weighted by Gasteiger charge is -2.14. The lowest BCUT2D eigenvalue weighted by molar-refractivity contribution is 0.412. The molecule has 0 aliphatic carbocycles. The molecule has 3 rings (SSSR count). The molecule has 5 heteroatoms. The lowest BCUT2D eigenvalue weighted by atomic mass is 9.94. The first-order chi connectivity index (χ1) is 11.4. The second kappa shape index (κ2) is 5.88. The van der Waals surface area contributed by atoms with Crippen LogP contribution >= 0.6 is 15.9 Å². The Morgan fingerprint density at radius 1 is 1.17 bits per heavy atom. The first-order valence-electron chi connectivity index (χ1n) is 7.55. The molecule has 0 spiro atoms. The molecule has 0 bridgehead atoms. The SMILES string of the molecule is COc1ccc(C)c(-c2c(N)c(C#N)n3cc(Br)c(C)cc23)c1C. The molecule has 2 heterocycles. The molecule has 122 valence electrons. The van der Waals surface area contributed by atoms with E-state index < -0.39 is 0 Å². The van der Waals surface area contributed by atoms with Gasteiger partial charge in [-0.15, -0.1) is 0 Å². The quantitative estimate of drug-likeness (QED) is 0.693. The molecule has 1 aromatic carbocycles. The number of aromatic nitrogens is 1. The molecule has 2 N–H and O–H groups in total. The summed E-state index contributed by atoms with van der Waals surface area (Å²) in [5, 5.41) is 9.59. The van der Waals surface area contributed by atoms with Crippen molar-refractivity contribution in [1.82, 2.24) is 4.40 Å². The van der Waals surface area contributed by atoms with Gasteiger partial charge in [0, 0.05) is 16.2 Å². The molecule has 0 saturated heterocycles. The molecule has 4 nitrogen and oxygen atoms in total. The largest absolute Gasteiger partial charge is 0.496 e. The van der Waals surface area contributed by atoms with Crippen molar-refractivity contribution in [3.8, 4) is 22.9 Å². The number of aryl methyl sites for hydroxylation is 2. The maximum absolute atomic E-state index is 9.59. The second-order valence-corrected chi connectivity index (χ2v) is 6.75. The first kappa shape index (κ1) is 16.4. The number of nitrogens with two attached hydrogens (primary N) is 1. The van der Waals surface area contributed by atoms with Crippen LogP contribution in [0, 0.1) is 32.1 Å². The molecule has 24 heavy (non-hydrogen) atoms. The first-order valence-corrected chi connectivity index (χ1v) is 8.34. The van der Waals surface area contributed by atoms with Gasteiger partial charge < -0.3 is 14.9 Å². The fourth-order valence-electron chi connectivity index (χ4n) is 3.20. The van der Waals surface area contributed by atoms with Crippen LogP contribution in [-0.2, 0) is 0 Å². The van der Waals surface area contributed by atoms with Gasteiger partial charge in [-0.05, 0) is 71.1 Å². The number of benzene rings is 1. The third kappa shape index (κ3) is 2.26. The maximum atomic E-state index is 9.59. The van der Waals surface area contributed by atoms with Gasteiger partial charge in [0.2, 0.25) is 0 Å². The van der Waals surface area contributed by atoms with E-state index in [1.165, 1.54) is 0 Å². The highest BCUT2D eigenvalue weighted by molar-refractivity contribution is 9.10. The van der Waals surface area contributed by atoms with E-state index >= 15 is 0 Å². The zero-order chi connectivity index (χ0) is 17.6. The summed E-state index contributed by atoms with van der Waals surface area (Å²) >= 11 is 3.53. The fourth-order valence-corrected chi connectivity index (χ4v) is 3.52. The summed E-state index contributed by atoms with van der Waals surface area (Å²) in [7, 11) is 1.66. The summed E-state index contributed by atoms with van der Waals surface area (Å²) in [6, 6.07) is 8.25. The Morgan fingerprint density at radius 2 is 1.88 bits per heavy atom. The van der Waals surface area contributed by atoms with E-state index in [4.69, 9.17) is 10.5 Å². The summed E-state index contributed by atoms with van der Waals surface area (Å²) in [6.45, 7) is 6.08. The van der Waals surface area contributed by atoms with Crippen LogP contribution in [0.1, 0.15) is 22.4 Å². The summed E-state index contributed by atoms with van der Waals surface area (Å²) < 4.78 is 8.25. The third-order valence-corrected chi connectivity index (χ3v) is 5.28. The molecule has 0 unspecified atom stereocenters. The van der Waals surface area contributed by atoms with Crippen LogP contribution in [0.3, 0.4) is 0 Å². The molecule has 3 aromatic rings. The Bertz CT molecular complexity index is 1010. The van der Waals surface area contributed by atoms with Crippen molar-refractivity contribution >= 4 is 27.1 Å². The Balaban J connectivity index is 2.51.